The molecule has 0 radical (unpaired) electrons. The summed E-state index contributed by atoms with van der Waals surface area (Å²) < 4.78 is 12.3. The third-order valence-electron chi connectivity index (χ3n) is 4.02. The molecule has 0 spiro atoms. The van der Waals surface area contributed by atoms with E-state index in [2.05, 4.69) is 10.3 Å². The number of nitrogens with one attached hydrogen (secondary N) is 1. The van der Waals surface area contributed by atoms with Gasteiger partial charge in [-0.2, -0.15) is 0 Å². The Morgan fingerprint density at radius 3 is 2.73 bits per heavy atom. The van der Waals surface area contributed by atoms with Crippen LogP contribution in [0.25, 0.3) is 5.65 Å². The third-order valence-corrected chi connectivity index (χ3v) is 4.24. The number of amides is 1. The highest BCUT2D eigenvalue weighted by Gasteiger charge is 2.08. The summed E-state index contributed by atoms with van der Waals surface area (Å²) in [7, 11) is 3.19. The van der Waals surface area contributed by atoms with E-state index in [1.165, 1.54) is 0 Å². The number of halogens is 1. The lowest BCUT2D eigenvalue weighted by Gasteiger charge is -2.09. The number of nitrogens with zero attached hydrogens (tertiary/aromatic N) is 2. The molecule has 3 aromatic rings. The summed E-state index contributed by atoms with van der Waals surface area (Å²) in [5, 5.41) is 3.53. The van der Waals surface area contributed by atoms with Gasteiger partial charge >= 0.3 is 0 Å². The molecule has 0 fully saturated rings. The summed E-state index contributed by atoms with van der Waals surface area (Å²) in [6.07, 6.45) is 4.64. The summed E-state index contributed by atoms with van der Waals surface area (Å²) >= 11 is 5.96. The number of imidazole rings is 1. The molecule has 7 heteroatoms. The van der Waals surface area contributed by atoms with E-state index < -0.39 is 0 Å². The van der Waals surface area contributed by atoms with Gasteiger partial charge in [0, 0.05) is 18.8 Å². The number of fused-ring (bicyclic) bond motifs is 1. The summed E-state index contributed by atoms with van der Waals surface area (Å²) in [6, 6.07) is 9.28. The first kappa shape index (κ1) is 18.1. The van der Waals surface area contributed by atoms with Crippen molar-refractivity contribution in [1.29, 1.82) is 0 Å². The average Bonchev–Trinajstić information content (AvgIpc) is 3.06. The molecule has 136 valence electrons. The lowest BCUT2D eigenvalue weighted by atomic mass is 10.1. The minimum absolute atomic E-state index is 0.0325. The highest BCUT2D eigenvalue weighted by molar-refractivity contribution is 6.30. The second-order valence-corrected chi connectivity index (χ2v) is 6.25. The number of ether oxygens (including phenoxy) is 2. The summed E-state index contributed by atoms with van der Waals surface area (Å²) in [6.45, 7) is 0.379. The van der Waals surface area contributed by atoms with Crippen molar-refractivity contribution in [3.63, 3.8) is 0 Å². The number of aromatic nitrogens is 2. The molecule has 0 bridgehead atoms. The van der Waals surface area contributed by atoms with Gasteiger partial charge in [0.1, 0.15) is 5.65 Å². The first-order valence-corrected chi connectivity index (χ1v) is 8.57. The number of benzene rings is 1. The van der Waals surface area contributed by atoms with E-state index >= 15 is 0 Å². The van der Waals surface area contributed by atoms with E-state index in [1.807, 2.05) is 34.9 Å². The fourth-order valence-electron chi connectivity index (χ4n) is 2.67. The van der Waals surface area contributed by atoms with Crippen LogP contribution in [0.1, 0.15) is 17.7 Å². The summed E-state index contributed by atoms with van der Waals surface area (Å²) in [5.74, 6) is 1.30. The Hall–Kier alpha value is -2.73. The number of carbonyl (C=O) groups is 1. The number of hydrogen-bond acceptors (Lipinski definition) is 4. The minimum atomic E-state index is -0.0325. The van der Waals surface area contributed by atoms with Crippen LogP contribution in [0.2, 0.25) is 5.02 Å². The molecule has 0 aliphatic carbocycles. The molecule has 0 aliphatic heterocycles. The Labute approximate surface area is 156 Å². The van der Waals surface area contributed by atoms with Gasteiger partial charge in [0.2, 0.25) is 5.91 Å². The number of carbonyl (C=O) groups excluding carboxylic acids is 1. The number of hydrogen-bond donors (Lipinski definition) is 1. The SMILES string of the molecule is COc1ccc(CCC(=O)NCc2cn3cc(Cl)ccc3n2)cc1OC. The lowest BCUT2D eigenvalue weighted by Crippen LogP contribution is -2.23. The van der Waals surface area contributed by atoms with Gasteiger partial charge in [0.15, 0.2) is 11.5 Å². The second kappa shape index (κ2) is 8.10. The zero-order valence-corrected chi connectivity index (χ0v) is 15.4. The Kier molecular flexibility index (Phi) is 5.63. The Morgan fingerprint density at radius 1 is 1.15 bits per heavy atom. The zero-order valence-electron chi connectivity index (χ0n) is 14.7. The highest BCUT2D eigenvalue weighted by atomic mass is 35.5. The molecular formula is C19H20ClN3O3. The minimum Gasteiger partial charge on any atom is -0.493 e. The van der Waals surface area contributed by atoms with Crippen LogP contribution < -0.4 is 14.8 Å². The van der Waals surface area contributed by atoms with E-state index in [-0.39, 0.29) is 5.91 Å². The van der Waals surface area contributed by atoms with Gasteiger partial charge in [-0.3, -0.25) is 4.79 Å². The van der Waals surface area contributed by atoms with Gasteiger partial charge in [-0.1, -0.05) is 17.7 Å². The molecule has 26 heavy (non-hydrogen) atoms. The molecule has 6 nitrogen and oxygen atoms in total. The van der Waals surface area contributed by atoms with Crippen LogP contribution in [0.3, 0.4) is 0 Å². The van der Waals surface area contributed by atoms with Crippen molar-refractivity contribution in [3.8, 4) is 11.5 Å². The number of methoxy groups -OCH3 is 2. The van der Waals surface area contributed by atoms with E-state index in [0.29, 0.717) is 35.9 Å². The molecule has 0 unspecified atom stereocenters. The maximum atomic E-state index is 12.1. The van der Waals surface area contributed by atoms with Crippen molar-refractivity contribution in [3.05, 3.63) is 59.0 Å². The quantitative estimate of drug-likeness (QED) is 0.690. The van der Waals surface area contributed by atoms with Crippen LogP contribution in [0.15, 0.2) is 42.7 Å². The van der Waals surface area contributed by atoms with E-state index in [4.69, 9.17) is 21.1 Å². The molecule has 0 saturated carbocycles. The summed E-state index contributed by atoms with van der Waals surface area (Å²) in [5.41, 5.74) is 2.59. The molecule has 0 atom stereocenters. The first-order chi connectivity index (χ1) is 12.6. The smallest absolute Gasteiger partial charge is 0.220 e. The molecule has 2 aromatic heterocycles. The molecule has 1 N–H and O–H groups in total. The van der Waals surface area contributed by atoms with Crippen molar-refractivity contribution in [2.75, 3.05) is 14.2 Å². The normalized spacial score (nSPS) is 10.7. The van der Waals surface area contributed by atoms with E-state index in [0.717, 1.165) is 16.9 Å². The number of rotatable bonds is 7. The molecule has 0 aliphatic rings. The van der Waals surface area contributed by atoms with Gasteiger partial charge in [-0.05, 0) is 36.2 Å². The van der Waals surface area contributed by atoms with Gasteiger partial charge in [-0.25, -0.2) is 4.98 Å². The van der Waals surface area contributed by atoms with Crippen LogP contribution in [-0.4, -0.2) is 29.5 Å². The first-order valence-electron chi connectivity index (χ1n) is 8.20. The average molecular weight is 374 g/mol. The van der Waals surface area contributed by atoms with Crippen LogP contribution in [0, 0.1) is 0 Å². The zero-order chi connectivity index (χ0) is 18.5. The Bertz CT molecular complexity index is 924. The van der Waals surface area contributed by atoms with Crippen LogP contribution in [0.4, 0.5) is 0 Å². The van der Waals surface area contributed by atoms with Gasteiger partial charge in [-0.15, -0.1) is 0 Å². The van der Waals surface area contributed by atoms with Crippen LogP contribution >= 0.6 is 11.6 Å². The maximum absolute atomic E-state index is 12.1. The van der Waals surface area contributed by atoms with E-state index in [9.17, 15) is 4.79 Å². The van der Waals surface area contributed by atoms with Gasteiger partial charge in [0.05, 0.1) is 31.5 Å². The van der Waals surface area contributed by atoms with E-state index in [1.54, 1.807) is 26.5 Å². The predicted octanol–water partition coefficient (Wildman–Crippen LogP) is 3.25. The van der Waals surface area contributed by atoms with Crippen molar-refractivity contribution < 1.29 is 14.3 Å². The topological polar surface area (TPSA) is 64.9 Å². The molecule has 1 amide bonds. The third kappa shape index (κ3) is 4.26. The van der Waals surface area contributed by atoms with Crippen molar-refractivity contribution in [2.45, 2.75) is 19.4 Å². The Morgan fingerprint density at radius 2 is 1.96 bits per heavy atom. The molecule has 3 rings (SSSR count). The fourth-order valence-corrected chi connectivity index (χ4v) is 2.84. The second-order valence-electron chi connectivity index (χ2n) is 5.81. The van der Waals surface area contributed by atoms with Crippen LogP contribution in [0.5, 0.6) is 11.5 Å². The van der Waals surface area contributed by atoms with Crippen molar-refractivity contribution in [1.82, 2.24) is 14.7 Å². The Balaban J connectivity index is 1.53. The number of pyridine rings is 1. The van der Waals surface area contributed by atoms with Gasteiger partial charge < -0.3 is 19.2 Å². The van der Waals surface area contributed by atoms with Gasteiger partial charge in [0.25, 0.3) is 0 Å². The summed E-state index contributed by atoms with van der Waals surface area (Å²) in [4.78, 5) is 16.6. The van der Waals surface area contributed by atoms with Crippen LogP contribution in [-0.2, 0) is 17.8 Å². The highest BCUT2D eigenvalue weighted by Crippen LogP contribution is 2.27. The van der Waals surface area contributed by atoms with Crippen molar-refractivity contribution >= 4 is 23.2 Å². The molecular weight excluding hydrogens is 354 g/mol. The largest absolute Gasteiger partial charge is 0.493 e. The monoisotopic (exact) mass is 373 g/mol. The molecule has 1 aromatic carbocycles. The number of aryl methyl sites for hydroxylation is 1. The predicted molar refractivity (Wildman–Crippen MR) is 99.9 cm³/mol. The van der Waals surface area contributed by atoms with Crippen molar-refractivity contribution in [2.24, 2.45) is 0 Å². The molecule has 0 saturated heterocycles. The molecule has 2 heterocycles. The lowest BCUT2D eigenvalue weighted by molar-refractivity contribution is -0.121. The standard InChI is InChI=1S/C19H20ClN3O3/c1-25-16-6-3-13(9-17(16)26-2)4-8-19(24)21-10-15-12-23-11-14(20)5-7-18(23)22-15/h3,5-7,9,11-12H,4,8,10H2,1-2H3,(H,21,24). The fraction of sp³-hybridized carbons (Fsp3) is 0.263. The maximum Gasteiger partial charge on any atom is 0.220 e.